The van der Waals surface area contributed by atoms with Gasteiger partial charge in [-0.15, -0.1) is 0 Å². The summed E-state index contributed by atoms with van der Waals surface area (Å²) in [4.78, 5) is 4.12. The zero-order valence-corrected chi connectivity index (χ0v) is 11.9. The molecule has 3 nitrogen and oxygen atoms in total. The van der Waals surface area contributed by atoms with Gasteiger partial charge in [0, 0.05) is 30.2 Å². The highest BCUT2D eigenvalue weighted by atomic mass is 32.2. The molecule has 0 aliphatic heterocycles. The molecule has 4 heteroatoms. The van der Waals surface area contributed by atoms with Gasteiger partial charge < -0.3 is 10.4 Å². The highest BCUT2D eigenvalue weighted by Gasteiger charge is 2.44. The van der Waals surface area contributed by atoms with E-state index in [0.717, 1.165) is 18.6 Å². The number of rotatable bonds is 6. The van der Waals surface area contributed by atoms with Gasteiger partial charge in [-0.25, -0.2) is 0 Å². The van der Waals surface area contributed by atoms with Crippen molar-refractivity contribution in [2.75, 3.05) is 12.3 Å². The molecule has 0 spiro atoms. The Morgan fingerprint density at radius 1 is 1.67 bits per heavy atom. The van der Waals surface area contributed by atoms with Crippen LogP contribution in [0.1, 0.15) is 38.3 Å². The van der Waals surface area contributed by atoms with Crippen molar-refractivity contribution in [1.82, 2.24) is 10.3 Å². The molecule has 1 heterocycles. The van der Waals surface area contributed by atoms with Crippen LogP contribution in [0.15, 0.2) is 24.5 Å². The van der Waals surface area contributed by atoms with Crippen LogP contribution < -0.4 is 5.32 Å². The number of aliphatic hydroxyl groups is 1. The molecule has 0 amide bonds. The molecule has 1 aliphatic rings. The average Bonchev–Trinajstić information content (AvgIpc) is 2.41. The Labute approximate surface area is 113 Å². The summed E-state index contributed by atoms with van der Waals surface area (Å²) in [5, 5.41) is 14.3. The maximum absolute atomic E-state index is 10.5. The summed E-state index contributed by atoms with van der Waals surface area (Å²) in [6.45, 7) is 4.93. The third-order valence-electron chi connectivity index (χ3n) is 3.71. The van der Waals surface area contributed by atoms with E-state index in [1.807, 2.05) is 24.0 Å². The molecule has 1 aromatic rings. The fraction of sp³-hybridized carbons (Fsp3) is 0.643. The summed E-state index contributed by atoms with van der Waals surface area (Å²) < 4.78 is 0. The smallest absolute Gasteiger partial charge is 0.0890 e. The van der Waals surface area contributed by atoms with Gasteiger partial charge in [-0.3, -0.25) is 4.98 Å². The van der Waals surface area contributed by atoms with Crippen molar-refractivity contribution < 1.29 is 5.11 Å². The maximum atomic E-state index is 10.5. The average molecular weight is 266 g/mol. The second-order valence-corrected chi connectivity index (χ2v) is 6.45. The lowest BCUT2D eigenvalue weighted by Gasteiger charge is -2.45. The standard InChI is InChI=1S/C14H22N2OS/c1-3-18-13-6-7-14(13,17)10-16-11(2)12-5-4-8-15-9-12/h4-5,8-9,11,13,16-17H,3,6-7,10H2,1-2H3/t11-,13-,14-/m1/s1. The minimum absolute atomic E-state index is 0.232. The zero-order valence-electron chi connectivity index (χ0n) is 11.1. The SMILES string of the molecule is CCS[C@@H]1CC[C@@]1(O)CN[C@H](C)c1cccnc1. The summed E-state index contributed by atoms with van der Waals surface area (Å²) in [7, 11) is 0. The van der Waals surface area contributed by atoms with Gasteiger partial charge in [0.2, 0.25) is 0 Å². The van der Waals surface area contributed by atoms with Crippen molar-refractivity contribution in [1.29, 1.82) is 0 Å². The highest BCUT2D eigenvalue weighted by molar-refractivity contribution is 8.00. The second kappa shape index (κ2) is 6.04. The first-order valence-corrected chi connectivity index (χ1v) is 7.68. The Balaban J connectivity index is 1.84. The largest absolute Gasteiger partial charge is 0.387 e. The molecule has 1 aromatic heterocycles. The van der Waals surface area contributed by atoms with Gasteiger partial charge in [0.15, 0.2) is 0 Å². The second-order valence-electron chi connectivity index (χ2n) is 4.98. The Kier molecular flexibility index (Phi) is 4.65. The first kappa shape index (κ1) is 13.8. The zero-order chi connectivity index (χ0) is 13.0. The normalized spacial score (nSPS) is 28.7. The summed E-state index contributed by atoms with van der Waals surface area (Å²) >= 11 is 1.87. The van der Waals surface area contributed by atoms with E-state index in [1.165, 1.54) is 5.56 Å². The molecule has 2 N–H and O–H groups in total. The predicted molar refractivity (Wildman–Crippen MR) is 76.8 cm³/mol. The molecule has 18 heavy (non-hydrogen) atoms. The fourth-order valence-corrected chi connectivity index (χ4v) is 3.52. The van der Waals surface area contributed by atoms with E-state index in [9.17, 15) is 5.11 Å². The number of hydrogen-bond acceptors (Lipinski definition) is 4. The minimum atomic E-state index is -0.517. The molecule has 0 aromatic carbocycles. The Bertz CT molecular complexity index is 373. The summed E-state index contributed by atoms with van der Waals surface area (Å²) in [5.41, 5.74) is 0.650. The minimum Gasteiger partial charge on any atom is -0.387 e. The Morgan fingerprint density at radius 3 is 3.06 bits per heavy atom. The van der Waals surface area contributed by atoms with Crippen molar-refractivity contribution in [3.63, 3.8) is 0 Å². The van der Waals surface area contributed by atoms with Crippen molar-refractivity contribution >= 4 is 11.8 Å². The van der Waals surface area contributed by atoms with E-state index in [2.05, 4.69) is 30.2 Å². The third kappa shape index (κ3) is 3.05. The fourth-order valence-electron chi connectivity index (χ4n) is 2.32. The number of pyridine rings is 1. The van der Waals surface area contributed by atoms with E-state index in [1.54, 1.807) is 6.20 Å². The third-order valence-corrected chi connectivity index (χ3v) is 5.12. The lowest BCUT2D eigenvalue weighted by Crippen LogP contribution is -2.56. The molecule has 0 unspecified atom stereocenters. The van der Waals surface area contributed by atoms with Gasteiger partial charge >= 0.3 is 0 Å². The van der Waals surface area contributed by atoms with Gasteiger partial charge in [-0.2, -0.15) is 11.8 Å². The molecule has 2 rings (SSSR count). The monoisotopic (exact) mass is 266 g/mol. The molecule has 1 aliphatic carbocycles. The lowest BCUT2D eigenvalue weighted by molar-refractivity contribution is -0.0249. The van der Waals surface area contributed by atoms with Crippen LogP contribution in [0.3, 0.4) is 0 Å². The number of hydrogen-bond donors (Lipinski definition) is 2. The molecule has 1 fully saturated rings. The number of aromatic nitrogens is 1. The first-order valence-electron chi connectivity index (χ1n) is 6.63. The van der Waals surface area contributed by atoms with Crippen LogP contribution in [-0.2, 0) is 0 Å². The number of nitrogens with one attached hydrogen (secondary N) is 1. The van der Waals surface area contributed by atoms with Gasteiger partial charge in [-0.05, 0) is 37.1 Å². The van der Waals surface area contributed by atoms with E-state index in [4.69, 9.17) is 0 Å². The van der Waals surface area contributed by atoms with Crippen molar-refractivity contribution in [3.05, 3.63) is 30.1 Å². The van der Waals surface area contributed by atoms with Crippen LogP contribution in [0.2, 0.25) is 0 Å². The molecule has 3 atom stereocenters. The van der Waals surface area contributed by atoms with Crippen LogP contribution in [0.4, 0.5) is 0 Å². The van der Waals surface area contributed by atoms with E-state index >= 15 is 0 Å². The molecule has 0 radical (unpaired) electrons. The summed E-state index contributed by atoms with van der Waals surface area (Å²) in [5.74, 6) is 1.07. The molecule has 0 saturated heterocycles. The maximum Gasteiger partial charge on any atom is 0.0890 e. The van der Waals surface area contributed by atoms with Gasteiger partial charge in [0.05, 0.1) is 5.60 Å². The number of thioether (sulfide) groups is 1. The molecular formula is C14H22N2OS. The van der Waals surface area contributed by atoms with E-state index < -0.39 is 5.60 Å². The molecule has 100 valence electrons. The Morgan fingerprint density at radius 2 is 2.50 bits per heavy atom. The summed E-state index contributed by atoms with van der Waals surface area (Å²) in [6.07, 6.45) is 5.71. The molecule has 0 bridgehead atoms. The van der Waals surface area contributed by atoms with Gasteiger partial charge in [0.1, 0.15) is 0 Å². The summed E-state index contributed by atoms with van der Waals surface area (Å²) in [6, 6.07) is 4.24. The van der Waals surface area contributed by atoms with Crippen LogP contribution in [0, 0.1) is 0 Å². The van der Waals surface area contributed by atoms with E-state index in [0.29, 0.717) is 11.8 Å². The quantitative estimate of drug-likeness (QED) is 0.830. The van der Waals surface area contributed by atoms with Crippen LogP contribution in [0.25, 0.3) is 0 Å². The molecule has 1 saturated carbocycles. The Hall–Kier alpha value is -0.580. The van der Waals surface area contributed by atoms with E-state index in [-0.39, 0.29) is 6.04 Å². The van der Waals surface area contributed by atoms with Crippen molar-refractivity contribution in [2.45, 2.75) is 43.6 Å². The number of nitrogens with zero attached hydrogens (tertiary/aromatic N) is 1. The lowest BCUT2D eigenvalue weighted by atomic mass is 9.79. The van der Waals surface area contributed by atoms with Gasteiger partial charge in [0.25, 0.3) is 0 Å². The topological polar surface area (TPSA) is 45.1 Å². The van der Waals surface area contributed by atoms with Crippen molar-refractivity contribution in [3.8, 4) is 0 Å². The molecular weight excluding hydrogens is 244 g/mol. The van der Waals surface area contributed by atoms with Crippen LogP contribution >= 0.6 is 11.8 Å². The van der Waals surface area contributed by atoms with Crippen molar-refractivity contribution in [2.24, 2.45) is 0 Å². The first-order chi connectivity index (χ1) is 8.65. The highest BCUT2D eigenvalue weighted by Crippen LogP contribution is 2.40. The van der Waals surface area contributed by atoms with Crippen LogP contribution in [0.5, 0.6) is 0 Å². The van der Waals surface area contributed by atoms with Gasteiger partial charge in [-0.1, -0.05) is 13.0 Å². The predicted octanol–water partition coefficient (Wildman–Crippen LogP) is 2.38. The van der Waals surface area contributed by atoms with Crippen LogP contribution in [-0.4, -0.2) is 33.2 Å².